The van der Waals surface area contributed by atoms with Gasteiger partial charge in [-0.25, -0.2) is 9.78 Å². The number of aliphatic hydroxyl groups excluding tert-OH is 1. The van der Waals surface area contributed by atoms with Crippen molar-refractivity contribution in [3.8, 4) is 17.2 Å². The third kappa shape index (κ3) is 5.20. The second-order valence-electron chi connectivity index (χ2n) is 9.83. The van der Waals surface area contributed by atoms with Crippen molar-refractivity contribution in [3.05, 3.63) is 69.2 Å². The number of Topliss-reactive ketones (excluding diaryl/α,β-unsaturated/α-hetero) is 1. The first-order valence-electron chi connectivity index (χ1n) is 13.8. The Labute approximate surface area is 247 Å². The summed E-state index contributed by atoms with van der Waals surface area (Å²) in [6, 6.07) is 9.23. The van der Waals surface area contributed by atoms with Crippen LogP contribution in [0.3, 0.4) is 0 Å². The smallest absolute Gasteiger partial charge is 0.350 e. The summed E-state index contributed by atoms with van der Waals surface area (Å²) >= 11 is 0.951. The molecule has 2 aliphatic heterocycles. The fourth-order valence-electron chi connectivity index (χ4n) is 5.18. The Kier molecular flexibility index (Phi) is 8.22. The van der Waals surface area contributed by atoms with Gasteiger partial charge < -0.3 is 24.1 Å². The van der Waals surface area contributed by atoms with Crippen LogP contribution in [-0.4, -0.2) is 53.7 Å². The molecule has 42 heavy (non-hydrogen) atoms. The van der Waals surface area contributed by atoms with E-state index in [0.29, 0.717) is 53.7 Å². The summed E-state index contributed by atoms with van der Waals surface area (Å²) in [5.74, 6) is -1.00. The monoisotopic (exact) mass is 592 g/mol. The average molecular weight is 593 g/mol. The number of thiazole rings is 1. The van der Waals surface area contributed by atoms with Gasteiger partial charge in [-0.1, -0.05) is 17.4 Å². The third-order valence-corrected chi connectivity index (χ3v) is 8.09. The molecule has 0 saturated carbocycles. The van der Waals surface area contributed by atoms with Gasteiger partial charge in [0.2, 0.25) is 0 Å². The average Bonchev–Trinajstić information content (AvgIpc) is 3.61. The van der Waals surface area contributed by atoms with Gasteiger partial charge in [-0.15, -0.1) is 0 Å². The zero-order chi connectivity index (χ0) is 30.1. The molecule has 2 aromatic carbocycles. The zero-order valence-corrected chi connectivity index (χ0v) is 24.9. The lowest BCUT2D eigenvalue weighted by Crippen LogP contribution is -2.29. The maximum Gasteiger partial charge on any atom is 0.350 e. The molecule has 2 atom stereocenters. The van der Waals surface area contributed by atoms with Crippen molar-refractivity contribution in [1.82, 2.24) is 4.98 Å². The lowest BCUT2D eigenvalue weighted by atomic mass is 9.94. The molecule has 1 aromatic heterocycles. The second-order valence-corrected chi connectivity index (χ2v) is 10.8. The number of aromatic nitrogens is 1. The van der Waals surface area contributed by atoms with Gasteiger partial charge in [0.25, 0.3) is 5.78 Å². The Balaban J connectivity index is 1.69. The molecule has 0 spiro atoms. The van der Waals surface area contributed by atoms with Crippen LogP contribution in [0.1, 0.15) is 65.8 Å². The Bertz CT molecular complexity index is 1590. The molecular weight excluding hydrogens is 560 g/mol. The number of rotatable bonds is 9. The summed E-state index contributed by atoms with van der Waals surface area (Å²) < 4.78 is 22.5. The van der Waals surface area contributed by atoms with Crippen molar-refractivity contribution in [2.24, 2.45) is 0 Å². The maximum absolute atomic E-state index is 13.7. The lowest BCUT2D eigenvalue weighted by molar-refractivity contribution is -0.132. The van der Waals surface area contributed by atoms with Gasteiger partial charge in [0.15, 0.2) is 16.6 Å². The summed E-state index contributed by atoms with van der Waals surface area (Å²) in [6.45, 7) is 9.91. The number of hydrogen-bond acceptors (Lipinski definition) is 10. The molecule has 1 fully saturated rings. The molecule has 1 amide bonds. The molecule has 3 heterocycles. The van der Waals surface area contributed by atoms with Gasteiger partial charge in [0.05, 0.1) is 37.1 Å². The fourth-order valence-corrected chi connectivity index (χ4v) is 6.17. The summed E-state index contributed by atoms with van der Waals surface area (Å²) in [6.07, 6.45) is 0.644. The predicted molar refractivity (Wildman–Crippen MR) is 157 cm³/mol. The van der Waals surface area contributed by atoms with Crippen LogP contribution in [0.25, 0.3) is 5.76 Å². The first-order chi connectivity index (χ1) is 20.2. The highest BCUT2D eigenvalue weighted by Gasteiger charge is 2.49. The zero-order valence-electron chi connectivity index (χ0n) is 24.1. The molecule has 1 saturated heterocycles. The molecule has 220 valence electrons. The molecule has 0 aliphatic carbocycles. The summed E-state index contributed by atoms with van der Waals surface area (Å²) in [5.41, 5.74) is 2.03. The number of aryl methyl sites for hydroxylation is 1. The number of benzene rings is 2. The van der Waals surface area contributed by atoms with Crippen LogP contribution in [-0.2, 0) is 20.7 Å². The van der Waals surface area contributed by atoms with Gasteiger partial charge in [-0.05, 0) is 76.1 Å². The molecule has 5 rings (SSSR count). The van der Waals surface area contributed by atoms with Crippen molar-refractivity contribution >= 4 is 39.9 Å². The standard InChI is InChI=1S/C31H32N2O8S/c1-6-38-22-12-9-18(15-23(22)39-7-2)25-24(26(34)19-10-11-21-20(14-19)13-16(4)41-21)27(35)29(36)33(25)31-32-17(5)28(42-31)30(37)40-8-3/h9-12,14-16,25,34H,6-8,13H2,1-5H3/b26-24+/t16-,25-/m1/s1. The minimum atomic E-state index is -1.07. The van der Waals surface area contributed by atoms with Crippen molar-refractivity contribution in [1.29, 1.82) is 0 Å². The number of aliphatic hydroxyl groups is 1. The van der Waals surface area contributed by atoms with E-state index in [0.717, 1.165) is 16.9 Å². The summed E-state index contributed by atoms with van der Waals surface area (Å²) in [7, 11) is 0. The van der Waals surface area contributed by atoms with Crippen molar-refractivity contribution in [2.45, 2.75) is 53.2 Å². The first kappa shape index (κ1) is 29.1. The number of amides is 1. The number of hydrogen-bond donors (Lipinski definition) is 1. The fraction of sp³-hybridized carbons (Fsp3) is 0.355. The third-order valence-electron chi connectivity index (χ3n) is 6.95. The van der Waals surface area contributed by atoms with E-state index < -0.39 is 23.7 Å². The van der Waals surface area contributed by atoms with E-state index >= 15 is 0 Å². The second kappa shape index (κ2) is 11.8. The molecule has 3 aromatic rings. The highest BCUT2D eigenvalue weighted by Crippen LogP contribution is 2.46. The van der Waals surface area contributed by atoms with E-state index in [1.807, 2.05) is 20.8 Å². The quantitative estimate of drug-likeness (QED) is 0.151. The number of ether oxygens (including phenoxy) is 4. The van der Waals surface area contributed by atoms with Crippen LogP contribution in [0.2, 0.25) is 0 Å². The van der Waals surface area contributed by atoms with Gasteiger partial charge >= 0.3 is 11.9 Å². The number of carbonyl (C=O) groups excluding carboxylic acids is 3. The minimum absolute atomic E-state index is 0.00875. The van der Waals surface area contributed by atoms with E-state index in [1.54, 1.807) is 50.2 Å². The highest BCUT2D eigenvalue weighted by molar-refractivity contribution is 7.17. The van der Waals surface area contributed by atoms with Crippen molar-refractivity contribution in [2.75, 3.05) is 24.7 Å². The summed E-state index contributed by atoms with van der Waals surface area (Å²) in [4.78, 5) is 45.8. The first-order valence-corrected chi connectivity index (χ1v) is 14.6. The van der Waals surface area contributed by atoms with Gasteiger partial charge in [-0.3, -0.25) is 14.5 Å². The van der Waals surface area contributed by atoms with E-state index in [4.69, 9.17) is 18.9 Å². The van der Waals surface area contributed by atoms with Crippen LogP contribution >= 0.6 is 11.3 Å². The number of nitrogens with zero attached hydrogens (tertiary/aromatic N) is 2. The van der Waals surface area contributed by atoms with Crippen LogP contribution in [0.4, 0.5) is 5.13 Å². The Morgan fingerprint density at radius 2 is 1.81 bits per heavy atom. The highest BCUT2D eigenvalue weighted by atomic mass is 32.1. The van der Waals surface area contributed by atoms with E-state index in [9.17, 15) is 19.5 Å². The number of anilines is 1. The molecule has 0 radical (unpaired) electrons. The number of ketones is 1. The topological polar surface area (TPSA) is 124 Å². The molecule has 0 unspecified atom stereocenters. The molecule has 11 heteroatoms. The maximum atomic E-state index is 13.7. The molecule has 10 nitrogen and oxygen atoms in total. The van der Waals surface area contributed by atoms with Crippen LogP contribution < -0.4 is 19.1 Å². The molecule has 1 N–H and O–H groups in total. The van der Waals surface area contributed by atoms with Gasteiger partial charge in [0, 0.05) is 12.0 Å². The number of esters is 1. The normalized spacial score (nSPS) is 19.0. The largest absolute Gasteiger partial charge is 0.507 e. The predicted octanol–water partition coefficient (Wildman–Crippen LogP) is 5.38. The number of fused-ring (bicyclic) bond motifs is 1. The summed E-state index contributed by atoms with van der Waals surface area (Å²) in [5, 5.41) is 11.8. The Hall–Kier alpha value is -4.38. The lowest BCUT2D eigenvalue weighted by Gasteiger charge is -2.24. The van der Waals surface area contributed by atoms with Gasteiger partial charge in [0.1, 0.15) is 22.5 Å². The minimum Gasteiger partial charge on any atom is -0.507 e. The molecular formula is C31H32N2O8S. The SMILES string of the molecule is CCOC(=O)c1sc(N2C(=O)C(=O)/C(=C(/O)c3ccc4c(c3)C[C@@H](C)O4)[C@H]2c2ccc(OCC)c(OCC)c2)nc1C. The Morgan fingerprint density at radius 1 is 1.07 bits per heavy atom. The van der Waals surface area contributed by atoms with E-state index in [-0.39, 0.29) is 34.1 Å². The molecule has 0 bridgehead atoms. The van der Waals surface area contributed by atoms with E-state index in [1.165, 1.54) is 4.90 Å². The van der Waals surface area contributed by atoms with Crippen molar-refractivity contribution in [3.63, 3.8) is 0 Å². The van der Waals surface area contributed by atoms with Crippen LogP contribution in [0.15, 0.2) is 42.0 Å². The Morgan fingerprint density at radius 3 is 2.52 bits per heavy atom. The van der Waals surface area contributed by atoms with Crippen LogP contribution in [0, 0.1) is 6.92 Å². The molecule has 2 aliphatic rings. The van der Waals surface area contributed by atoms with E-state index in [2.05, 4.69) is 4.98 Å². The van der Waals surface area contributed by atoms with Gasteiger partial charge in [-0.2, -0.15) is 0 Å². The van der Waals surface area contributed by atoms with Crippen LogP contribution in [0.5, 0.6) is 17.2 Å². The van der Waals surface area contributed by atoms with Crippen molar-refractivity contribution < 1.29 is 38.4 Å². The number of carbonyl (C=O) groups is 3.